The SMILES string of the molecule is Cc1cccc(/C=C2/NC(=S)N(c3ccc(C(C)C)cc3)C2=O)c1. The van der Waals surface area contributed by atoms with E-state index in [0.29, 0.717) is 16.7 Å². The number of benzene rings is 2. The summed E-state index contributed by atoms with van der Waals surface area (Å²) in [6.45, 7) is 6.31. The molecule has 1 fully saturated rings. The first kappa shape index (κ1) is 16.4. The summed E-state index contributed by atoms with van der Waals surface area (Å²) in [6.07, 6.45) is 1.84. The lowest BCUT2D eigenvalue weighted by molar-refractivity contribution is -0.113. The molecule has 1 N–H and O–H groups in total. The van der Waals surface area contributed by atoms with E-state index < -0.39 is 0 Å². The molecule has 0 aromatic heterocycles. The number of anilines is 1. The largest absolute Gasteiger partial charge is 0.327 e. The Morgan fingerprint density at radius 2 is 1.83 bits per heavy atom. The Bertz CT molecular complexity index is 822. The van der Waals surface area contributed by atoms with Gasteiger partial charge in [0.15, 0.2) is 5.11 Å². The highest BCUT2D eigenvalue weighted by molar-refractivity contribution is 7.80. The monoisotopic (exact) mass is 336 g/mol. The maximum absolute atomic E-state index is 12.7. The predicted molar refractivity (Wildman–Crippen MR) is 103 cm³/mol. The molecule has 4 heteroatoms. The van der Waals surface area contributed by atoms with E-state index in [4.69, 9.17) is 12.2 Å². The molecular weight excluding hydrogens is 316 g/mol. The molecule has 122 valence electrons. The molecule has 0 spiro atoms. The molecule has 1 aliphatic heterocycles. The van der Waals surface area contributed by atoms with Crippen LogP contribution >= 0.6 is 12.2 Å². The van der Waals surface area contributed by atoms with Crippen LogP contribution in [0.25, 0.3) is 6.08 Å². The number of amides is 1. The molecule has 1 heterocycles. The fraction of sp³-hybridized carbons (Fsp3) is 0.200. The van der Waals surface area contributed by atoms with E-state index in [1.54, 1.807) is 4.90 Å². The van der Waals surface area contributed by atoms with Gasteiger partial charge in [-0.15, -0.1) is 0 Å². The topological polar surface area (TPSA) is 32.3 Å². The summed E-state index contributed by atoms with van der Waals surface area (Å²) in [5.41, 5.74) is 4.65. The van der Waals surface area contributed by atoms with Crippen molar-refractivity contribution in [2.45, 2.75) is 26.7 Å². The minimum absolute atomic E-state index is 0.126. The van der Waals surface area contributed by atoms with Crippen LogP contribution in [0.2, 0.25) is 0 Å². The second kappa shape index (κ2) is 6.57. The molecule has 1 saturated heterocycles. The second-order valence-electron chi connectivity index (χ2n) is 6.29. The zero-order valence-corrected chi connectivity index (χ0v) is 14.9. The summed E-state index contributed by atoms with van der Waals surface area (Å²) < 4.78 is 0. The van der Waals surface area contributed by atoms with Crippen molar-refractivity contribution >= 4 is 35.0 Å². The normalized spacial score (nSPS) is 16.2. The minimum atomic E-state index is -0.126. The summed E-state index contributed by atoms with van der Waals surface area (Å²) in [4.78, 5) is 14.3. The molecule has 0 atom stereocenters. The number of aryl methyl sites for hydroxylation is 1. The van der Waals surface area contributed by atoms with Gasteiger partial charge in [-0.25, -0.2) is 0 Å². The molecule has 2 aromatic carbocycles. The lowest BCUT2D eigenvalue weighted by atomic mass is 10.0. The van der Waals surface area contributed by atoms with Gasteiger partial charge in [0, 0.05) is 0 Å². The van der Waals surface area contributed by atoms with E-state index in [1.165, 1.54) is 5.56 Å². The Labute approximate surface area is 148 Å². The van der Waals surface area contributed by atoms with Crippen molar-refractivity contribution < 1.29 is 4.79 Å². The third-order valence-corrected chi connectivity index (χ3v) is 4.33. The number of carbonyl (C=O) groups excluding carboxylic acids is 1. The number of hydrogen-bond donors (Lipinski definition) is 1. The van der Waals surface area contributed by atoms with Crippen molar-refractivity contribution in [2.24, 2.45) is 0 Å². The van der Waals surface area contributed by atoms with Gasteiger partial charge < -0.3 is 5.32 Å². The third kappa shape index (κ3) is 3.24. The highest BCUT2D eigenvalue weighted by Crippen LogP contribution is 2.25. The number of rotatable bonds is 3. The first-order chi connectivity index (χ1) is 11.5. The number of carbonyl (C=O) groups is 1. The molecular formula is C20H20N2OS. The number of nitrogens with zero attached hydrogens (tertiary/aromatic N) is 1. The fourth-order valence-electron chi connectivity index (χ4n) is 2.70. The maximum Gasteiger partial charge on any atom is 0.281 e. The number of nitrogens with one attached hydrogen (secondary N) is 1. The molecule has 2 aromatic rings. The molecule has 0 radical (unpaired) electrons. The molecule has 0 saturated carbocycles. The van der Waals surface area contributed by atoms with Crippen molar-refractivity contribution in [1.82, 2.24) is 5.32 Å². The fourth-order valence-corrected chi connectivity index (χ4v) is 3.00. The smallest absolute Gasteiger partial charge is 0.281 e. The maximum atomic E-state index is 12.7. The van der Waals surface area contributed by atoms with Crippen LogP contribution in [0.3, 0.4) is 0 Å². The van der Waals surface area contributed by atoms with Gasteiger partial charge in [-0.3, -0.25) is 9.69 Å². The van der Waals surface area contributed by atoms with Crippen LogP contribution in [0.4, 0.5) is 5.69 Å². The molecule has 3 rings (SSSR count). The van der Waals surface area contributed by atoms with E-state index in [-0.39, 0.29) is 5.91 Å². The van der Waals surface area contributed by atoms with Gasteiger partial charge in [-0.05, 0) is 54.4 Å². The van der Waals surface area contributed by atoms with Crippen LogP contribution in [-0.4, -0.2) is 11.0 Å². The van der Waals surface area contributed by atoms with E-state index in [2.05, 4.69) is 19.2 Å². The quantitative estimate of drug-likeness (QED) is 0.667. The summed E-state index contributed by atoms with van der Waals surface area (Å²) in [5, 5.41) is 3.44. The molecule has 1 amide bonds. The second-order valence-corrected chi connectivity index (χ2v) is 6.68. The third-order valence-electron chi connectivity index (χ3n) is 4.05. The Balaban J connectivity index is 1.89. The van der Waals surface area contributed by atoms with E-state index in [1.807, 2.05) is 61.5 Å². The molecule has 1 aliphatic rings. The number of hydrogen-bond acceptors (Lipinski definition) is 2. The van der Waals surface area contributed by atoms with Crippen molar-refractivity contribution in [3.8, 4) is 0 Å². The summed E-state index contributed by atoms with van der Waals surface area (Å²) in [7, 11) is 0. The highest BCUT2D eigenvalue weighted by atomic mass is 32.1. The van der Waals surface area contributed by atoms with Crippen LogP contribution in [0.15, 0.2) is 54.2 Å². The zero-order chi connectivity index (χ0) is 17.3. The van der Waals surface area contributed by atoms with Crippen molar-refractivity contribution in [3.05, 3.63) is 70.9 Å². The van der Waals surface area contributed by atoms with Crippen molar-refractivity contribution in [2.75, 3.05) is 4.90 Å². The van der Waals surface area contributed by atoms with Crippen molar-refractivity contribution in [1.29, 1.82) is 0 Å². The Kier molecular flexibility index (Phi) is 4.49. The van der Waals surface area contributed by atoms with Gasteiger partial charge >= 0.3 is 0 Å². The molecule has 3 nitrogen and oxygen atoms in total. The van der Waals surface area contributed by atoms with Gasteiger partial charge in [-0.1, -0.05) is 55.8 Å². The van der Waals surface area contributed by atoms with Crippen LogP contribution in [0.1, 0.15) is 36.5 Å². The van der Waals surface area contributed by atoms with Crippen molar-refractivity contribution in [3.63, 3.8) is 0 Å². The lowest BCUT2D eigenvalue weighted by Gasteiger charge is -2.15. The number of thiocarbonyl (C=S) groups is 1. The summed E-state index contributed by atoms with van der Waals surface area (Å²) >= 11 is 5.36. The summed E-state index contributed by atoms with van der Waals surface area (Å²) in [5.74, 6) is 0.328. The molecule has 24 heavy (non-hydrogen) atoms. The Morgan fingerprint density at radius 1 is 1.12 bits per heavy atom. The average molecular weight is 336 g/mol. The van der Waals surface area contributed by atoms with Gasteiger partial charge in [0.1, 0.15) is 5.70 Å². The standard InChI is InChI=1S/C20H20N2OS/c1-13(2)16-7-9-17(10-8-16)22-19(23)18(21-20(22)24)12-15-6-4-5-14(3)11-15/h4-13H,1-3H3,(H,21,24)/b18-12+. The zero-order valence-electron chi connectivity index (χ0n) is 14.0. The lowest BCUT2D eigenvalue weighted by Crippen LogP contribution is -2.30. The summed E-state index contributed by atoms with van der Waals surface area (Å²) in [6, 6.07) is 16.0. The van der Waals surface area contributed by atoms with Crippen LogP contribution < -0.4 is 10.2 Å². The van der Waals surface area contributed by atoms with Gasteiger partial charge in [0.05, 0.1) is 5.69 Å². The van der Waals surface area contributed by atoms with E-state index in [0.717, 1.165) is 16.8 Å². The first-order valence-corrected chi connectivity index (χ1v) is 8.40. The van der Waals surface area contributed by atoms with Gasteiger partial charge in [-0.2, -0.15) is 0 Å². The predicted octanol–water partition coefficient (Wildman–Crippen LogP) is 4.38. The minimum Gasteiger partial charge on any atom is -0.327 e. The first-order valence-electron chi connectivity index (χ1n) is 7.99. The van der Waals surface area contributed by atoms with E-state index in [9.17, 15) is 4.79 Å². The Hall–Kier alpha value is -2.46. The van der Waals surface area contributed by atoms with Crippen LogP contribution in [-0.2, 0) is 4.79 Å². The molecule has 0 bridgehead atoms. The Morgan fingerprint density at radius 3 is 2.46 bits per heavy atom. The van der Waals surface area contributed by atoms with Gasteiger partial charge in [0.25, 0.3) is 5.91 Å². The molecule has 0 unspecified atom stereocenters. The molecule has 0 aliphatic carbocycles. The van der Waals surface area contributed by atoms with Crippen LogP contribution in [0, 0.1) is 6.92 Å². The van der Waals surface area contributed by atoms with Gasteiger partial charge in [0.2, 0.25) is 0 Å². The average Bonchev–Trinajstić information content (AvgIpc) is 2.81. The van der Waals surface area contributed by atoms with Crippen LogP contribution in [0.5, 0.6) is 0 Å². The highest BCUT2D eigenvalue weighted by Gasteiger charge is 2.31. The van der Waals surface area contributed by atoms with E-state index >= 15 is 0 Å².